The number of rotatable bonds is 0. The number of terminal acetylenes is 3. The lowest BCUT2D eigenvalue weighted by Crippen LogP contribution is -2.64. The van der Waals surface area contributed by atoms with E-state index in [1.807, 2.05) is 0 Å². The van der Waals surface area contributed by atoms with Crippen LogP contribution in [0.4, 0.5) is 0 Å². The number of benzene rings is 1. The van der Waals surface area contributed by atoms with Crippen molar-refractivity contribution in [3.05, 3.63) is 31.3 Å². The second-order valence-electron chi connectivity index (χ2n) is 5.46. The monoisotopic (exact) mass is 264 g/mol. The van der Waals surface area contributed by atoms with Gasteiger partial charge in [0.05, 0.1) is 0 Å². The Morgan fingerprint density at radius 1 is 0.571 bits per heavy atom. The summed E-state index contributed by atoms with van der Waals surface area (Å²) in [5, 5.41) is 7.19. The van der Waals surface area contributed by atoms with Crippen LogP contribution < -0.4 is 31.3 Å². The van der Waals surface area contributed by atoms with Crippen molar-refractivity contribution in [2.45, 2.75) is 19.3 Å². The van der Waals surface area contributed by atoms with Gasteiger partial charge in [-0.05, 0) is 34.9 Å². The molecule has 0 aliphatic heterocycles. The first-order valence-electron chi connectivity index (χ1n) is 7.02. The fraction of sp³-hybridized carbons (Fsp3) is 0.143. The fourth-order valence-electron chi connectivity index (χ4n) is 3.71. The van der Waals surface area contributed by atoms with Gasteiger partial charge in [-0.2, -0.15) is 0 Å². The molecule has 4 rings (SSSR count). The lowest BCUT2D eigenvalue weighted by atomic mass is 10.1. The molecule has 0 unspecified atom stereocenters. The van der Waals surface area contributed by atoms with Gasteiger partial charge in [0.15, 0.2) is 0 Å². The highest BCUT2D eigenvalue weighted by Gasteiger charge is 2.16. The van der Waals surface area contributed by atoms with Crippen molar-refractivity contribution >= 4 is 34.9 Å². The SMILES string of the molecule is C#CC1=c2c(c3c(c4c2=CCC=4C#C)=CCC=3C#C)=CC1. The first kappa shape index (κ1) is 11.9. The minimum absolute atomic E-state index is 0.811. The van der Waals surface area contributed by atoms with E-state index in [0.29, 0.717) is 0 Å². The average molecular weight is 264 g/mol. The van der Waals surface area contributed by atoms with Gasteiger partial charge in [-0.25, -0.2) is 0 Å². The Kier molecular flexibility index (Phi) is 2.30. The summed E-state index contributed by atoms with van der Waals surface area (Å²) >= 11 is 0. The molecule has 0 N–H and O–H groups in total. The highest BCUT2D eigenvalue weighted by molar-refractivity contribution is 5.80. The topological polar surface area (TPSA) is 0 Å². The van der Waals surface area contributed by atoms with E-state index in [1.165, 1.54) is 31.3 Å². The van der Waals surface area contributed by atoms with E-state index in [1.54, 1.807) is 0 Å². The zero-order valence-corrected chi connectivity index (χ0v) is 11.6. The molecule has 3 aliphatic carbocycles. The van der Waals surface area contributed by atoms with Crippen LogP contribution in [0.15, 0.2) is 0 Å². The van der Waals surface area contributed by atoms with Crippen molar-refractivity contribution in [2.75, 3.05) is 0 Å². The van der Waals surface area contributed by atoms with Crippen LogP contribution in [0.2, 0.25) is 0 Å². The van der Waals surface area contributed by atoms with Gasteiger partial charge in [-0.1, -0.05) is 36.0 Å². The van der Waals surface area contributed by atoms with Crippen LogP contribution in [0.5, 0.6) is 0 Å². The molecule has 0 nitrogen and oxygen atoms in total. The normalized spacial score (nSPS) is 16.7. The quantitative estimate of drug-likeness (QED) is 0.505. The molecular weight excluding hydrogens is 252 g/mol. The third-order valence-corrected chi connectivity index (χ3v) is 4.57. The highest BCUT2D eigenvalue weighted by atomic mass is 14.2. The molecule has 0 aromatic heterocycles. The van der Waals surface area contributed by atoms with Crippen molar-refractivity contribution in [3.63, 3.8) is 0 Å². The molecule has 0 bridgehead atoms. The van der Waals surface area contributed by atoms with E-state index >= 15 is 0 Å². The van der Waals surface area contributed by atoms with Gasteiger partial charge in [0.25, 0.3) is 0 Å². The van der Waals surface area contributed by atoms with Crippen LogP contribution in [0.3, 0.4) is 0 Å². The van der Waals surface area contributed by atoms with Crippen LogP contribution in [0.25, 0.3) is 34.9 Å². The average Bonchev–Trinajstić information content (AvgIpc) is 3.20. The molecule has 3 aliphatic rings. The highest BCUT2D eigenvalue weighted by Crippen LogP contribution is 2.06. The predicted octanol–water partition coefficient (Wildman–Crippen LogP) is -1.41. The maximum atomic E-state index is 5.70. The predicted molar refractivity (Wildman–Crippen MR) is 88.2 cm³/mol. The summed E-state index contributed by atoms with van der Waals surface area (Å²) in [4.78, 5) is 0. The second kappa shape index (κ2) is 4.06. The standard InChI is InChI=1S/C21H12/c1-4-13-7-10-16-19(13)17-11-8-14(5-2)21(17)18-12-9-15(6-3)20(16)18/h1-3,10-12H,7-9H2. The summed E-state index contributed by atoms with van der Waals surface area (Å²) in [5.74, 6) is 8.52. The summed E-state index contributed by atoms with van der Waals surface area (Å²) in [6.45, 7) is 0. The lowest BCUT2D eigenvalue weighted by molar-refractivity contribution is 1.32. The molecule has 0 radical (unpaired) electrons. The number of hydrogen-bond donors (Lipinski definition) is 0. The molecule has 0 spiro atoms. The van der Waals surface area contributed by atoms with Crippen molar-refractivity contribution in [1.29, 1.82) is 0 Å². The van der Waals surface area contributed by atoms with Crippen LogP contribution in [-0.2, 0) is 0 Å². The molecule has 0 heterocycles. The largest absolute Gasteiger partial charge is 0.115 e. The van der Waals surface area contributed by atoms with Crippen LogP contribution in [0, 0.1) is 37.0 Å². The summed E-state index contributed by atoms with van der Waals surface area (Å²) in [6, 6.07) is 0. The van der Waals surface area contributed by atoms with Gasteiger partial charge in [0.1, 0.15) is 0 Å². The molecule has 1 aromatic carbocycles. The number of fused-ring (bicyclic) bond motifs is 6. The minimum atomic E-state index is 0.811. The van der Waals surface area contributed by atoms with Crippen LogP contribution in [0.1, 0.15) is 19.3 Å². The first-order valence-corrected chi connectivity index (χ1v) is 7.02. The van der Waals surface area contributed by atoms with E-state index in [9.17, 15) is 0 Å². The Labute approximate surface area is 123 Å². The van der Waals surface area contributed by atoms with Crippen molar-refractivity contribution in [3.8, 4) is 37.0 Å². The third-order valence-electron chi connectivity index (χ3n) is 4.57. The molecule has 96 valence electrons. The van der Waals surface area contributed by atoms with Gasteiger partial charge < -0.3 is 0 Å². The van der Waals surface area contributed by atoms with Crippen molar-refractivity contribution < 1.29 is 0 Å². The molecule has 0 saturated heterocycles. The van der Waals surface area contributed by atoms with Gasteiger partial charge >= 0.3 is 0 Å². The first-order chi connectivity index (χ1) is 10.3. The summed E-state index contributed by atoms with van der Waals surface area (Å²) in [7, 11) is 0. The van der Waals surface area contributed by atoms with Gasteiger partial charge in [0, 0.05) is 32.4 Å². The zero-order valence-electron chi connectivity index (χ0n) is 11.6. The van der Waals surface area contributed by atoms with Gasteiger partial charge in [-0.15, -0.1) is 19.3 Å². The lowest BCUT2D eigenvalue weighted by Gasteiger charge is -1.97. The Morgan fingerprint density at radius 2 is 0.857 bits per heavy atom. The zero-order chi connectivity index (χ0) is 14.6. The van der Waals surface area contributed by atoms with Gasteiger partial charge in [-0.3, -0.25) is 0 Å². The van der Waals surface area contributed by atoms with Gasteiger partial charge in [0.2, 0.25) is 0 Å². The molecule has 1 aromatic rings. The molecule has 0 fully saturated rings. The van der Waals surface area contributed by atoms with Crippen LogP contribution >= 0.6 is 0 Å². The maximum absolute atomic E-state index is 5.70. The van der Waals surface area contributed by atoms with E-state index in [-0.39, 0.29) is 0 Å². The molecule has 21 heavy (non-hydrogen) atoms. The second-order valence-corrected chi connectivity index (χ2v) is 5.46. The van der Waals surface area contributed by atoms with Crippen molar-refractivity contribution in [1.82, 2.24) is 0 Å². The Morgan fingerprint density at radius 3 is 1.10 bits per heavy atom. The van der Waals surface area contributed by atoms with E-state index in [0.717, 1.165) is 36.0 Å². The Balaban J connectivity index is 2.56. The Bertz CT molecular complexity index is 1010. The smallest absolute Gasteiger partial charge is 0.0140 e. The van der Waals surface area contributed by atoms with Crippen molar-refractivity contribution in [2.24, 2.45) is 0 Å². The molecule has 0 heteroatoms. The van der Waals surface area contributed by atoms with E-state index in [4.69, 9.17) is 19.3 Å². The summed E-state index contributed by atoms with van der Waals surface area (Å²) < 4.78 is 0. The molecule has 0 saturated carbocycles. The van der Waals surface area contributed by atoms with Crippen LogP contribution in [-0.4, -0.2) is 0 Å². The third kappa shape index (κ3) is 1.34. The molecular formula is C21H12. The molecule has 0 amide bonds. The fourth-order valence-corrected chi connectivity index (χ4v) is 3.71. The summed E-state index contributed by atoms with van der Waals surface area (Å²) in [5.41, 5.74) is 3.13. The van der Waals surface area contributed by atoms with E-state index in [2.05, 4.69) is 36.0 Å². The van der Waals surface area contributed by atoms with E-state index < -0.39 is 0 Å². The number of hydrogen-bond acceptors (Lipinski definition) is 0. The molecule has 0 atom stereocenters. The maximum Gasteiger partial charge on any atom is 0.0140 e. The Hall–Kier alpha value is -2.88. The summed E-state index contributed by atoms with van der Waals surface area (Å²) in [6.07, 6.45) is 26.2. The minimum Gasteiger partial charge on any atom is -0.115 e.